The van der Waals surface area contributed by atoms with Crippen LogP contribution in [0.1, 0.15) is 0 Å². The predicted molar refractivity (Wildman–Crippen MR) is 37.0 cm³/mol. The molecular weight excluding hydrogens is 164 g/mol. The second kappa shape index (κ2) is 1.42. The Morgan fingerprint density at radius 3 is 3.00 bits per heavy atom. The van der Waals surface area contributed by atoms with Gasteiger partial charge in [-0.15, -0.1) is 0 Å². The zero-order valence-corrected chi connectivity index (χ0v) is 5.62. The van der Waals surface area contributed by atoms with Gasteiger partial charge in [0.1, 0.15) is 0 Å². The molecule has 3 rings (SSSR count). The summed E-state index contributed by atoms with van der Waals surface area (Å²) in [5.41, 5.74) is -0.637. The minimum absolute atomic E-state index is 0.151. The Bertz CT molecular complexity index is 589. The summed E-state index contributed by atoms with van der Waals surface area (Å²) in [6.45, 7) is 0. The number of nitrogens with one attached hydrogen (secondary N) is 2. The van der Waals surface area contributed by atoms with Crippen LogP contribution in [0.5, 0.6) is 6.01 Å². The summed E-state index contributed by atoms with van der Waals surface area (Å²) in [5.74, 6) is 0. The molecule has 0 aromatic carbocycles. The summed E-state index contributed by atoms with van der Waals surface area (Å²) < 4.78 is 0.626. The number of imidazole rings is 1. The molecule has 1 aliphatic heterocycles. The summed E-state index contributed by atoms with van der Waals surface area (Å²) in [5, 5.41) is 0. The van der Waals surface area contributed by atoms with Crippen LogP contribution in [-0.4, -0.2) is 19.7 Å². The molecule has 7 heteroatoms. The second-order valence-corrected chi connectivity index (χ2v) is 2.39. The van der Waals surface area contributed by atoms with Crippen molar-refractivity contribution >= 4 is 11.2 Å². The lowest BCUT2D eigenvalue weighted by molar-refractivity contribution is 0.174. The molecule has 12 heavy (non-hydrogen) atoms. The van der Waals surface area contributed by atoms with E-state index in [0.29, 0.717) is 4.73 Å². The third-order valence-corrected chi connectivity index (χ3v) is 1.67. The molecular formula is C5H2N4O3. The normalized spacial score (nSPS) is 12.7. The number of hydrogen-bond donors (Lipinski definition) is 2. The van der Waals surface area contributed by atoms with Crippen LogP contribution in [0.3, 0.4) is 0 Å². The Kier molecular flexibility index (Phi) is 0.661. The van der Waals surface area contributed by atoms with Gasteiger partial charge in [0.05, 0.1) is 0 Å². The minimum Gasteiger partial charge on any atom is -0.327 e. The van der Waals surface area contributed by atoms with Crippen LogP contribution >= 0.6 is 0 Å². The van der Waals surface area contributed by atoms with Gasteiger partial charge in [0.15, 0.2) is 11.2 Å². The van der Waals surface area contributed by atoms with Crippen molar-refractivity contribution in [3.05, 3.63) is 20.8 Å². The first-order chi connectivity index (χ1) is 5.75. The Labute approximate surface area is 63.6 Å². The number of nitrogens with zero attached hydrogens (tertiary/aromatic N) is 2. The smallest absolute Gasteiger partial charge is 0.327 e. The van der Waals surface area contributed by atoms with Crippen molar-refractivity contribution in [1.82, 2.24) is 19.7 Å². The lowest BCUT2D eigenvalue weighted by Gasteiger charge is -2.02. The van der Waals surface area contributed by atoms with Crippen LogP contribution in [0.25, 0.3) is 11.2 Å². The van der Waals surface area contributed by atoms with E-state index in [9.17, 15) is 9.59 Å². The van der Waals surface area contributed by atoms with Crippen molar-refractivity contribution in [1.29, 1.82) is 0 Å². The van der Waals surface area contributed by atoms with E-state index in [1.54, 1.807) is 0 Å². The van der Waals surface area contributed by atoms with Crippen LogP contribution in [0.15, 0.2) is 9.59 Å². The molecule has 1 aliphatic rings. The number of fused-ring (bicyclic) bond motifs is 2. The van der Waals surface area contributed by atoms with E-state index in [0.717, 1.165) is 0 Å². The average Bonchev–Trinajstić information content (AvgIpc) is 2.27. The van der Waals surface area contributed by atoms with Gasteiger partial charge in [-0.05, 0) is 0 Å². The van der Waals surface area contributed by atoms with Gasteiger partial charge in [-0.2, -0.15) is 4.98 Å². The van der Waals surface area contributed by atoms with Crippen LogP contribution in [0.4, 0.5) is 0 Å². The van der Waals surface area contributed by atoms with Gasteiger partial charge in [0.2, 0.25) is 0 Å². The number of H-pyrrole nitrogens is 2. The molecule has 0 spiro atoms. The fourth-order valence-electron chi connectivity index (χ4n) is 1.16. The maximum Gasteiger partial charge on any atom is 0.364 e. The Hall–Kier alpha value is -2.05. The zero-order chi connectivity index (χ0) is 8.29. The highest BCUT2D eigenvalue weighted by molar-refractivity contribution is 5.70. The summed E-state index contributed by atoms with van der Waals surface area (Å²) in [4.78, 5) is 35.7. The van der Waals surface area contributed by atoms with E-state index >= 15 is 0 Å². The monoisotopic (exact) mass is 166 g/mol. The van der Waals surface area contributed by atoms with Gasteiger partial charge >= 0.3 is 17.3 Å². The lowest BCUT2D eigenvalue weighted by atomic mass is 10.5. The third-order valence-electron chi connectivity index (χ3n) is 1.67. The summed E-state index contributed by atoms with van der Waals surface area (Å²) in [7, 11) is 0. The van der Waals surface area contributed by atoms with E-state index < -0.39 is 11.2 Å². The molecule has 0 unspecified atom stereocenters. The van der Waals surface area contributed by atoms with Crippen LogP contribution in [-0.2, 0) is 0 Å². The van der Waals surface area contributed by atoms with E-state index in [1.165, 1.54) is 0 Å². The molecule has 2 aromatic rings. The Balaban J connectivity index is 2.84. The van der Waals surface area contributed by atoms with Crippen LogP contribution < -0.4 is 16.1 Å². The molecule has 2 N–H and O–H groups in total. The van der Waals surface area contributed by atoms with Crippen molar-refractivity contribution in [2.24, 2.45) is 0 Å². The largest absolute Gasteiger partial charge is 0.364 e. The van der Waals surface area contributed by atoms with Crippen molar-refractivity contribution < 1.29 is 4.84 Å². The maximum atomic E-state index is 11.2. The zero-order valence-electron chi connectivity index (χ0n) is 5.62. The molecule has 3 heterocycles. The van der Waals surface area contributed by atoms with Gasteiger partial charge in [-0.1, -0.05) is 4.73 Å². The Morgan fingerprint density at radius 1 is 1.33 bits per heavy atom. The van der Waals surface area contributed by atoms with E-state index in [1.807, 2.05) is 0 Å². The predicted octanol–water partition coefficient (Wildman–Crippen LogP) is -1.43. The van der Waals surface area contributed by atoms with Gasteiger partial charge in [-0.25, -0.2) is 4.79 Å². The molecule has 7 nitrogen and oxygen atoms in total. The highest BCUT2D eigenvalue weighted by Crippen LogP contribution is 2.11. The molecule has 0 saturated carbocycles. The van der Waals surface area contributed by atoms with E-state index in [2.05, 4.69) is 15.0 Å². The maximum absolute atomic E-state index is 11.2. The standard InChI is InChI=1S/C5H2N4O3/c10-3-1-2-7-4(6-1)12-9(3)5(11)8-2/h(H,6,7)(H,8,11). The SMILES string of the molecule is O=c1[nH]c2nc3[nH]c2c(=O)n1O3. The highest BCUT2D eigenvalue weighted by atomic mass is 16.7. The third kappa shape index (κ3) is 0.428. The van der Waals surface area contributed by atoms with Gasteiger partial charge in [0, 0.05) is 0 Å². The topological polar surface area (TPSA) is 92.8 Å². The Morgan fingerprint density at radius 2 is 2.17 bits per heavy atom. The fourth-order valence-corrected chi connectivity index (χ4v) is 1.16. The van der Waals surface area contributed by atoms with Crippen molar-refractivity contribution in [2.45, 2.75) is 0 Å². The minimum atomic E-state index is -0.612. The molecule has 0 aliphatic carbocycles. The molecule has 0 saturated heterocycles. The summed E-state index contributed by atoms with van der Waals surface area (Å²) in [6.07, 6.45) is 0. The summed E-state index contributed by atoms with van der Waals surface area (Å²) >= 11 is 0. The van der Waals surface area contributed by atoms with Crippen LogP contribution in [0, 0.1) is 0 Å². The molecule has 0 radical (unpaired) electrons. The number of hydrogen-bond acceptors (Lipinski definition) is 4. The quantitative estimate of drug-likeness (QED) is 0.428. The van der Waals surface area contributed by atoms with Crippen LogP contribution in [0.2, 0.25) is 0 Å². The summed E-state index contributed by atoms with van der Waals surface area (Å²) in [6, 6.07) is 0.151. The molecule has 0 fully saturated rings. The fraction of sp³-hybridized carbons (Fsp3) is 0. The first-order valence-corrected chi connectivity index (χ1v) is 3.19. The molecule has 0 atom stereocenters. The molecule has 0 amide bonds. The van der Waals surface area contributed by atoms with Crippen molar-refractivity contribution in [3.63, 3.8) is 0 Å². The lowest BCUT2D eigenvalue weighted by Crippen LogP contribution is -2.38. The average molecular weight is 166 g/mol. The number of rotatable bonds is 0. The van der Waals surface area contributed by atoms with Gasteiger partial charge in [0.25, 0.3) is 0 Å². The van der Waals surface area contributed by atoms with E-state index in [-0.39, 0.29) is 17.2 Å². The first-order valence-electron chi connectivity index (χ1n) is 3.19. The highest BCUT2D eigenvalue weighted by Gasteiger charge is 2.20. The van der Waals surface area contributed by atoms with Gasteiger partial charge < -0.3 is 4.84 Å². The molecule has 60 valence electrons. The molecule has 2 aromatic heterocycles. The van der Waals surface area contributed by atoms with Crippen molar-refractivity contribution in [2.75, 3.05) is 0 Å². The number of aromatic nitrogens is 4. The van der Waals surface area contributed by atoms with E-state index in [4.69, 9.17) is 4.84 Å². The van der Waals surface area contributed by atoms with Gasteiger partial charge in [-0.3, -0.25) is 14.8 Å². The number of aromatic amines is 2. The van der Waals surface area contributed by atoms with Crippen molar-refractivity contribution in [3.8, 4) is 6.01 Å². The second-order valence-electron chi connectivity index (χ2n) is 2.39. The molecule has 3 bridgehead atoms. The first kappa shape index (κ1) is 5.58.